The van der Waals surface area contributed by atoms with Gasteiger partial charge < -0.3 is 19.8 Å². The Labute approximate surface area is 109 Å². The largest absolute Gasteiger partial charge is 0.465 e. The van der Waals surface area contributed by atoms with Gasteiger partial charge in [0.05, 0.1) is 12.6 Å². The molecule has 0 saturated carbocycles. The summed E-state index contributed by atoms with van der Waals surface area (Å²) in [7, 11) is 0. The molecule has 0 amide bonds. The third-order valence-electron chi connectivity index (χ3n) is 3.23. The lowest BCUT2D eigenvalue weighted by Crippen LogP contribution is -2.32. The molecular formula is C14H24N2O2. The Morgan fingerprint density at radius 2 is 2.22 bits per heavy atom. The Bertz CT molecular complexity index is 332. The highest BCUT2D eigenvalue weighted by atomic mass is 16.5. The van der Waals surface area contributed by atoms with Crippen LogP contribution in [0.25, 0.3) is 0 Å². The Balaban J connectivity index is 1.46. The molecule has 2 N–H and O–H groups in total. The number of hydrogen-bond donors (Lipinski definition) is 2. The first-order chi connectivity index (χ1) is 8.84. The van der Waals surface area contributed by atoms with Crippen LogP contribution in [-0.2, 0) is 11.3 Å². The van der Waals surface area contributed by atoms with Gasteiger partial charge in [0.25, 0.3) is 0 Å². The maximum absolute atomic E-state index is 5.84. The maximum atomic E-state index is 5.84. The van der Waals surface area contributed by atoms with E-state index < -0.39 is 0 Å². The monoisotopic (exact) mass is 252 g/mol. The molecule has 4 nitrogen and oxygen atoms in total. The fourth-order valence-electron chi connectivity index (χ4n) is 2.20. The molecule has 0 bridgehead atoms. The second kappa shape index (κ2) is 7.56. The SMILES string of the molecule is Cc1ccc(CNCCCOC2CCNCC2)o1. The van der Waals surface area contributed by atoms with E-state index in [1.807, 2.05) is 19.1 Å². The van der Waals surface area contributed by atoms with Crippen molar-refractivity contribution in [2.45, 2.75) is 38.8 Å². The van der Waals surface area contributed by atoms with Crippen molar-refractivity contribution in [1.82, 2.24) is 10.6 Å². The second-order valence-electron chi connectivity index (χ2n) is 4.86. The quantitative estimate of drug-likeness (QED) is 0.727. The Morgan fingerprint density at radius 1 is 1.39 bits per heavy atom. The van der Waals surface area contributed by atoms with E-state index in [1.165, 1.54) is 0 Å². The molecule has 4 heteroatoms. The number of furan rings is 1. The van der Waals surface area contributed by atoms with Crippen LogP contribution in [0.4, 0.5) is 0 Å². The zero-order chi connectivity index (χ0) is 12.6. The van der Waals surface area contributed by atoms with Gasteiger partial charge in [-0.25, -0.2) is 0 Å². The summed E-state index contributed by atoms with van der Waals surface area (Å²) < 4.78 is 11.3. The van der Waals surface area contributed by atoms with Crippen molar-refractivity contribution in [3.63, 3.8) is 0 Å². The molecule has 0 radical (unpaired) electrons. The Morgan fingerprint density at radius 3 is 2.94 bits per heavy atom. The topological polar surface area (TPSA) is 46.4 Å². The fraction of sp³-hybridized carbons (Fsp3) is 0.714. The first-order valence-corrected chi connectivity index (χ1v) is 6.93. The van der Waals surface area contributed by atoms with Gasteiger partial charge in [0, 0.05) is 6.61 Å². The summed E-state index contributed by atoms with van der Waals surface area (Å²) in [5, 5.41) is 6.71. The van der Waals surface area contributed by atoms with E-state index in [1.54, 1.807) is 0 Å². The van der Waals surface area contributed by atoms with E-state index >= 15 is 0 Å². The van der Waals surface area contributed by atoms with E-state index in [4.69, 9.17) is 9.15 Å². The highest BCUT2D eigenvalue weighted by Gasteiger charge is 2.12. The average Bonchev–Trinajstić information content (AvgIpc) is 2.81. The van der Waals surface area contributed by atoms with Crippen LogP contribution in [0.3, 0.4) is 0 Å². The van der Waals surface area contributed by atoms with Crippen LogP contribution in [0, 0.1) is 6.92 Å². The number of hydrogen-bond acceptors (Lipinski definition) is 4. The van der Waals surface area contributed by atoms with Crippen LogP contribution in [0.15, 0.2) is 16.5 Å². The van der Waals surface area contributed by atoms with Gasteiger partial charge >= 0.3 is 0 Å². The van der Waals surface area contributed by atoms with Crippen LogP contribution < -0.4 is 10.6 Å². The molecule has 1 aromatic heterocycles. The Hall–Kier alpha value is -0.840. The second-order valence-corrected chi connectivity index (χ2v) is 4.86. The fourth-order valence-corrected chi connectivity index (χ4v) is 2.20. The first-order valence-electron chi connectivity index (χ1n) is 6.93. The molecule has 1 aliphatic heterocycles. The van der Waals surface area contributed by atoms with E-state index in [-0.39, 0.29) is 0 Å². The van der Waals surface area contributed by atoms with Crippen molar-refractivity contribution in [1.29, 1.82) is 0 Å². The van der Waals surface area contributed by atoms with Gasteiger partial charge in [0.15, 0.2) is 0 Å². The summed E-state index contributed by atoms with van der Waals surface area (Å²) in [6, 6.07) is 4.02. The standard InChI is InChI=1S/C14H24N2O2/c1-12-3-4-14(18-12)11-16-7-2-10-17-13-5-8-15-9-6-13/h3-4,13,15-16H,2,5-11H2,1H3. The third kappa shape index (κ3) is 4.80. The van der Waals surface area contributed by atoms with Gasteiger partial charge in [-0.2, -0.15) is 0 Å². The number of nitrogens with one attached hydrogen (secondary N) is 2. The minimum absolute atomic E-state index is 0.471. The van der Waals surface area contributed by atoms with Crippen LogP contribution in [0.1, 0.15) is 30.8 Å². The molecule has 0 atom stereocenters. The van der Waals surface area contributed by atoms with Gasteiger partial charge in [0.2, 0.25) is 0 Å². The summed E-state index contributed by atoms with van der Waals surface area (Å²) in [5.74, 6) is 1.98. The molecule has 2 heterocycles. The number of ether oxygens (including phenoxy) is 1. The summed E-state index contributed by atoms with van der Waals surface area (Å²) in [6.45, 7) is 6.80. The van der Waals surface area contributed by atoms with Crippen LogP contribution >= 0.6 is 0 Å². The first kappa shape index (κ1) is 13.6. The van der Waals surface area contributed by atoms with E-state index in [2.05, 4.69) is 10.6 Å². The van der Waals surface area contributed by atoms with Gasteiger partial charge in [-0.15, -0.1) is 0 Å². The van der Waals surface area contributed by atoms with Crippen molar-refractivity contribution in [3.8, 4) is 0 Å². The molecule has 1 aliphatic rings. The summed E-state index contributed by atoms with van der Waals surface area (Å²) in [5.41, 5.74) is 0. The molecule has 1 saturated heterocycles. The number of piperidine rings is 1. The molecule has 1 aromatic rings. The molecule has 1 fully saturated rings. The predicted octanol–water partition coefficient (Wildman–Crippen LogP) is 1.84. The average molecular weight is 252 g/mol. The highest BCUT2D eigenvalue weighted by Crippen LogP contribution is 2.07. The lowest BCUT2D eigenvalue weighted by atomic mass is 10.1. The van der Waals surface area contributed by atoms with Crippen molar-refractivity contribution < 1.29 is 9.15 Å². The molecule has 0 aromatic carbocycles. The van der Waals surface area contributed by atoms with E-state index in [9.17, 15) is 0 Å². The van der Waals surface area contributed by atoms with E-state index in [0.717, 1.165) is 63.6 Å². The van der Waals surface area contributed by atoms with Crippen molar-refractivity contribution in [3.05, 3.63) is 23.7 Å². The summed E-state index contributed by atoms with van der Waals surface area (Å²) in [4.78, 5) is 0. The number of rotatable bonds is 7. The summed E-state index contributed by atoms with van der Waals surface area (Å²) >= 11 is 0. The zero-order valence-corrected chi connectivity index (χ0v) is 11.2. The molecule has 0 unspecified atom stereocenters. The van der Waals surface area contributed by atoms with Crippen molar-refractivity contribution in [2.24, 2.45) is 0 Å². The van der Waals surface area contributed by atoms with Crippen LogP contribution in [0.5, 0.6) is 0 Å². The molecule has 2 rings (SSSR count). The molecular weight excluding hydrogens is 228 g/mol. The van der Waals surface area contributed by atoms with Crippen molar-refractivity contribution in [2.75, 3.05) is 26.2 Å². The van der Waals surface area contributed by atoms with Crippen LogP contribution in [0.2, 0.25) is 0 Å². The maximum Gasteiger partial charge on any atom is 0.117 e. The van der Waals surface area contributed by atoms with Gasteiger partial charge in [0.1, 0.15) is 11.5 Å². The molecule has 102 valence electrons. The molecule has 0 spiro atoms. The zero-order valence-electron chi connectivity index (χ0n) is 11.2. The lowest BCUT2D eigenvalue weighted by Gasteiger charge is -2.22. The molecule has 0 aliphatic carbocycles. The van der Waals surface area contributed by atoms with Crippen molar-refractivity contribution >= 4 is 0 Å². The smallest absolute Gasteiger partial charge is 0.117 e. The normalized spacial score (nSPS) is 17.2. The number of aryl methyl sites for hydroxylation is 1. The third-order valence-corrected chi connectivity index (χ3v) is 3.23. The van der Waals surface area contributed by atoms with Gasteiger partial charge in [-0.1, -0.05) is 0 Å². The highest BCUT2D eigenvalue weighted by molar-refractivity contribution is 5.04. The minimum atomic E-state index is 0.471. The molecule has 18 heavy (non-hydrogen) atoms. The van der Waals surface area contributed by atoms with E-state index in [0.29, 0.717) is 6.10 Å². The van der Waals surface area contributed by atoms with Gasteiger partial charge in [-0.05, 0) is 58.0 Å². The summed E-state index contributed by atoms with van der Waals surface area (Å²) in [6.07, 6.45) is 3.83. The van der Waals surface area contributed by atoms with Gasteiger partial charge in [-0.3, -0.25) is 0 Å². The minimum Gasteiger partial charge on any atom is -0.465 e. The predicted molar refractivity (Wildman–Crippen MR) is 71.6 cm³/mol. The van der Waals surface area contributed by atoms with Crippen LogP contribution in [-0.4, -0.2) is 32.3 Å². The Kier molecular flexibility index (Phi) is 5.71. The lowest BCUT2D eigenvalue weighted by molar-refractivity contribution is 0.0317.